The fourth-order valence-electron chi connectivity index (χ4n) is 7.31. The fraction of sp³-hybridized carbons (Fsp3) is 0.789. The van der Waals surface area contributed by atoms with Crippen molar-refractivity contribution < 1.29 is 49.0 Å². The number of esters is 1. The second-order valence-electron chi connectivity index (χ2n) is 15.4. The van der Waals surface area contributed by atoms with E-state index in [2.05, 4.69) is 4.90 Å². The summed E-state index contributed by atoms with van der Waals surface area (Å²) in [7, 11) is 0. The first kappa shape index (κ1) is 40.5. The van der Waals surface area contributed by atoms with Gasteiger partial charge in [-0.3, -0.25) is 9.69 Å². The molecule has 10 unspecified atom stereocenters. The van der Waals surface area contributed by atoms with Gasteiger partial charge in [0.1, 0.15) is 11.7 Å². The van der Waals surface area contributed by atoms with Gasteiger partial charge >= 0.3 is 12.1 Å². The first-order valence-corrected chi connectivity index (χ1v) is 18.6. The lowest BCUT2D eigenvalue weighted by molar-refractivity contribution is -0.151. The van der Waals surface area contributed by atoms with Gasteiger partial charge in [-0.15, -0.1) is 0 Å². The first-order valence-electron chi connectivity index (χ1n) is 18.6. The van der Waals surface area contributed by atoms with E-state index in [0.29, 0.717) is 37.5 Å². The summed E-state index contributed by atoms with van der Waals surface area (Å²) in [5.41, 5.74) is -1.95. The molecule has 0 saturated carbocycles. The van der Waals surface area contributed by atoms with Crippen LogP contribution in [0.2, 0.25) is 0 Å². The van der Waals surface area contributed by atoms with Crippen molar-refractivity contribution in [1.29, 1.82) is 0 Å². The molecule has 3 fully saturated rings. The molecular weight excluding hydrogens is 644 g/mol. The van der Waals surface area contributed by atoms with E-state index >= 15 is 0 Å². The van der Waals surface area contributed by atoms with Crippen molar-refractivity contribution in [3.05, 3.63) is 36.0 Å². The zero-order chi connectivity index (χ0) is 36.6. The van der Waals surface area contributed by atoms with Gasteiger partial charge in [0.15, 0.2) is 6.10 Å². The molecule has 284 valence electrons. The van der Waals surface area contributed by atoms with Crippen molar-refractivity contribution in [2.75, 3.05) is 39.4 Å². The summed E-state index contributed by atoms with van der Waals surface area (Å²) in [4.78, 5) is 30.4. The Morgan fingerprint density at radius 2 is 1.86 bits per heavy atom. The third-order valence-corrected chi connectivity index (χ3v) is 10.9. The Hall–Kier alpha value is -2.32. The average molecular weight is 707 g/mol. The van der Waals surface area contributed by atoms with Gasteiger partial charge in [0.05, 0.1) is 36.4 Å². The summed E-state index contributed by atoms with van der Waals surface area (Å²) in [6, 6.07) is 0.466. The van der Waals surface area contributed by atoms with E-state index in [4.69, 9.17) is 18.9 Å². The Kier molecular flexibility index (Phi) is 14.5. The minimum Gasteiger partial charge on any atom is -0.457 e. The first-order chi connectivity index (χ1) is 23.6. The summed E-state index contributed by atoms with van der Waals surface area (Å²) in [5, 5.41) is 43.4. The Balaban J connectivity index is 1.42. The highest BCUT2D eigenvalue weighted by Crippen LogP contribution is 2.37. The summed E-state index contributed by atoms with van der Waals surface area (Å²) < 4.78 is 23.1. The van der Waals surface area contributed by atoms with E-state index < -0.39 is 47.7 Å². The van der Waals surface area contributed by atoms with Crippen molar-refractivity contribution >= 4 is 12.1 Å². The molecule has 0 spiro atoms. The molecule has 0 bridgehead atoms. The maximum atomic E-state index is 13.4. The second kappa shape index (κ2) is 17.9. The molecule has 4 aliphatic rings. The number of epoxide rings is 1. The van der Waals surface area contributed by atoms with Gasteiger partial charge in [-0.05, 0) is 64.5 Å². The van der Waals surface area contributed by atoms with E-state index in [-0.39, 0.29) is 43.3 Å². The molecular formula is C38H62N2O10. The van der Waals surface area contributed by atoms with Gasteiger partial charge in [-0.2, -0.15) is 0 Å². The molecule has 12 nitrogen and oxygen atoms in total. The maximum Gasteiger partial charge on any atom is 0.410 e. The van der Waals surface area contributed by atoms with Crippen LogP contribution in [-0.4, -0.2) is 136 Å². The van der Waals surface area contributed by atoms with Crippen LogP contribution < -0.4 is 0 Å². The number of nitrogens with zero attached hydrogens (tertiary/aromatic N) is 2. The zero-order valence-corrected chi connectivity index (χ0v) is 30.9. The Bertz CT molecular complexity index is 1200. The number of allylic oxidation sites excluding steroid dienone is 2. The minimum absolute atomic E-state index is 0.0134. The summed E-state index contributed by atoms with van der Waals surface area (Å²) >= 11 is 0. The van der Waals surface area contributed by atoms with E-state index in [1.807, 2.05) is 27.7 Å². The number of hydrogen-bond acceptors (Lipinski definition) is 11. The average Bonchev–Trinajstić information content (AvgIpc) is 3.84. The number of ether oxygens (including phenoxy) is 4. The highest BCUT2D eigenvalue weighted by Gasteiger charge is 2.47. The SMILES string of the molecule is CCC(O)C(C)C1OC1CC(C)(O)/C=C/C=C(\C)C1OC(=O)CC(O)CCC(C)(O)C(OC(=O)N2CCN(C3CCOCC3)CC2)/C=C\C1C. The largest absolute Gasteiger partial charge is 0.457 e. The van der Waals surface area contributed by atoms with Crippen molar-refractivity contribution in [2.45, 2.75) is 140 Å². The molecule has 0 aromatic heterocycles. The number of aliphatic hydroxyl groups is 4. The van der Waals surface area contributed by atoms with Gasteiger partial charge in [-0.1, -0.05) is 45.1 Å². The zero-order valence-electron chi connectivity index (χ0n) is 30.9. The van der Waals surface area contributed by atoms with Gasteiger partial charge in [0, 0.05) is 63.7 Å². The predicted octanol–water partition coefficient (Wildman–Crippen LogP) is 3.51. The number of cyclic esters (lactones) is 1. The van der Waals surface area contributed by atoms with Crippen LogP contribution in [0.1, 0.15) is 86.5 Å². The third kappa shape index (κ3) is 11.6. The number of piperazine rings is 1. The Morgan fingerprint density at radius 1 is 1.18 bits per heavy atom. The van der Waals surface area contributed by atoms with E-state index in [1.165, 1.54) is 0 Å². The lowest BCUT2D eigenvalue weighted by atomic mass is 9.88. The van der Waals surface area contributed by atoms with Gasteiger partial charge in [-0.25, -0.2) is 4.79 Å². The maximum absolute atomic E-state index is 13.4. The number of carbonyl (C=O) groups is 2. The van der Waals surface area contributed by atoms with Crippen molar-refractivity contribution in [3.63, 3.8) is 0 Å². The van der Waals surface area contributed by atoms with Gasteiger partial charge in [0.2, 0.25) is 0 Å². The highest BCUT2D eigenvalue weighted by molar-refractivity contribution is 5.70. The minimum atomic E-state index is -1.49. The number of rotatable bonds is 10. The molecule has 1 amide bonds. The number of carbonyl (C=O) groups excluding carboxylic acids is 2. The smallest absolute Gasteiger partial charge is 0.410 e. The summed E-state index contributed by atoms with van der Waals surface area (Å²) in [6.45, 7) is 15.0. The molecule has 0 aromatic carbocycles. The van der Waals surface area contributed by atoms with E-state index in [1.54, 1.807) is 49.1 Å². The Labute approximate surface area is 298 Å². The highest BCUT2D eigenvalue weighted by atomic mass is 16.6. The number of hydrogen-bond donors (Lipinski definition) is 4. The van der Waals surface area contributed by atoms with Crippen LogP contribution in [0.3, 0.4) is 0 Å². The quantitative estimate of drug-likeness (QED) is 0.114. The monoisotopic (exact) mass is 706 g/mol. The van der Waals surface area contributed by atoms with Crippen LogP contribution in [-0.2, 0) is 23.7 Å². The molecule has 4 aliphatic heterocycles. The molecule has 10 atom stereocenters. The van der Waals surface area contributed by atoms with Gasteiger partial charge in [0.25, 0.3) is 0 Å². The van der Waals surface area contributed by atoms with Gasteiger partial charge < -0.3 is 44.3 Å². The molecule has 4 heterocycles. The summed E-state index contributed by atoms with van der Waals surface area (Å²) in [5.74, 6) is -0.955. The fourth-order valence-corrected chi connectivity index (χ4v) is 7.31. The molecule has 50 heavy (non-hydrogen) atoms. The van der Waals surface area contributed by atoms with Crippen molar-refractivity contribution in [3.8, 4) is 0 Å². The van der Waals surface area contributed by atoms with Crippen molar-refractivity contribution in [1.82, 2.24) is 9.80 Å². The normalized spacial score (nSPS) is 35.7. The summed E-state index contributed by atoms with van der Waals surface area (Å²) in [6.07, 6.45) is 7.69. The van der Waals surface area contributed by atoms with Crippen molar-refractivity contribution in [2.24, 2.45) is 11.8 Å². The molecule has 0 aliphatic carbocycles. The van der Waals surface area contributed by atoms with Crippen LogP contribution in [0.4, 0.5) is 4.79 Å². The van der Waals surface area contributed by atoms with Crippen LogP contribution in [0.25, 0.3) is 0 Å². The predicted molar refractivity (Wildman–Crippen MR) is 188 cm³/mol. The number of aliphatic hydroxyl groups excluding tert-OH is 2. The standard InChI is InChI=1S/C38H62N2O10/c1-7-30(42)27(4)35-31(48-35)24-37(5,45)15-8-9-25(2)34-26(3)10-11-32(38(6,46)16-12-29(41)23-33(43)50-34)49-36(44)40-19-17-39(18-20-40)28-13-21-47-22-14-28/h8-11,15,26-32,34-35,41-42,45-46H,7,12-14,16-24H2,1-6H3/b11-10-,15-8+,25-9+. The number of amides is 1. The molecule has 4 N–H and O–H groups in total. The van der Waals surface area contributed by atoms with Crippen LogP contribution in [0, 0.1) is 11.8 Å². The Morgan fingerprint density at radius 3 is 2.52 bits per heavy atom. The molecule has 4 rings (SSSR count). The lowest BCUT2D eigenvalue weighted by Gasteiger charge is -2.41. The lowest BCUT2D eigenvalue weighted by Crippen LogP contribution is -2.54. The molecule has 0 aromatic rings. The topological polar surface area (TPSA) is 162 Å². The van der Waals surface area contributed by atoms with Crippen LogP contribution in [0.5, 0.6) is 0 Å². The van der Waals surface area contributed by atoms with Crippen LogP contribution >= 0.6 is 0 Å². The van der Waals surface area contributed by atoms with E-state index in [9.17, 15) is 30.0 Å². The van der Waals surface area contributed by atoms with E-state index in [0.717, 1.165) is 39.1 Å². The molecule has 3 saturated heterocycles. The third-order valence-electron chi connectivity index (χ3n) is 10.9. The van der Waals surface area contributed by atoms with Crippen LogP contribution in [0.15, 0.2) is 36.0 Å². The second-order valence-corrected chi connectivity index (χ2v) is 15.4. The molecule has 12 heteroatoms. The molecule has 0 radical (unpaired) electrons.